The lowest BCUT2D eigenvalue weighted by Crippen LogP contribution is -2.54. The summed E-state index contributed by atoms with van der Waals surface area (Å²) < 4.78 is 5.08. The molecule has 2 saturated heterocycles. The number of carbonyl (C=O) groups excluding carboxylic acids is 3. The Kier molecular flexibility index (Phi) is 3.52. The maximum atomic E-state index is 12.8. The van der Waals surface area contributed by atoms with E-state index in [1.54, 1.807) is 36.1 Å². The Balaban J connectivity index is 1.57. The van der Waals surface area contributed by atoms with Gasteiger partial charge in [0.2, 0.25) is 0 Å². The molecular weight excluding hydrogens is 324 g/mol. The molecule has 2 aliphatic heterocycles. The SMILES string of the molecule is Cc1ocnc1C(=O)N1CCN2C(=O)N(c3ccccc3)C(=O)C2C1. The molecule has 2 aliphatic rings. The fourth-order valence-electron chi connectivity index (χ4n) is 3.25. The molecule has 0 spiro atoms. The van der Waals surface area contributed by atoms with Gasteiger partial charge in [0.15, 0.2) is 12.1 Å². The highest BCUT2D eigenvalue weighted by atomic mass is 16.3. The third kappa shape index (κ3) is 2.37. The van der Waals surface area contributed by atoms with Crippen molar-refractivity contribution in [3.63, 3.8) is 0 Å². The summed E-state index contributed by atoms with van der Waals surface area (Å²) in [5.74, 6) is -0.165. The topological polar surface area (TPSA) is 87.0 Å². The van der Waals surface area contributed by atoms with E-state index in [9.17, 15) is 14.4 Å². The van der Waals surface area contributed by atoms with E-state index < -0.39 is 6.04 Å². The van der Waals surface area contributed by atoms with Gasteiger partial charge in [-0.1, -0.05) is 18.2 Å². The Labute approximate surface area is 143 Å². The van der Waals surface area contributed by atoms with Crippen LogP contribution in [0, 0.1) is 6.92 Å². The van der Waals surface area contributed by atoms with Crippen LogP contribution in [0.4, 0.5) is 10.5 Å². The summed E-state index contributed by atoms with van der Waals surface area (Å²) in [6, 6.07) is 7.80. The molecule has 2 aromatic rings. The first-order chi connectivity index (χ1) is 12.1. The Morgan fingerprint density at radius 2 is 1.96 bits per heavy atom. The fraction of sp³-hybridized carbons (Fsp3) is 0.294. The van der Waals surface area contributed by atoms with Crippen LogP contribution in [0.2, 0.25) is 0 Å². The molecule has 0 bridgehead atoms. The molecule has 3 heterocycles. The van der Waals surface area contributed by atoms with Crippen LogP contribution in [0.3, 0.4) is 0 Å². The molecule has 4 rings (SSSR count). The Hall–Kier alpha value is -3.16. The summed E-state index contributed by atoms with van der Waals surface area (Å²) in [7, 11) is 0. The molecule has 8 heteroatoms. The summed E-state index contributed by atoms with van der Waals surface area (Å²) in [6.45, 7) is 2.47. The number of benzene rings is 1. The van der Waals surface area contributed by atoms with Gasteiger partial charge in [-0.2, -0.15) is 0 Å². The number of aromatic nitrogens is 1. The Morgan fingerprint density at radius 1 is 1.20 bits per heavy atom. The maximum absolute atomic E-state index is 12.8. The van der Waals surface area contributed by atoms with Crippen LogP contribution < -0.4 is 4.90 Å². The molecule has 1 aromatic heterocycles. The molecule has 0 radical (unpaired) electrons. The highest BCUT2D eigenvalue weighted by molar-refractivity contribution is 6.21. The molecule has 25 heavy (non-hydrogen) atoms. The van der Waals surface area contributed by atoms with Gasteiger partial charge in [-0.25, -0.2) is 14.7 Å². The van der Waals surface area contributed by atoms with E-state index in [-0.39, 0.29) is 30.1 Å². The minimum atomic E-state index is -0.669. The smallest absolute Gasteiger partial charge is 0.332 e. The van der Waals surface area contributed by atoms with Gasteiger partial charge < -0.3 is 14.2 Å². The first-order valence-electron chi connectivity index (χ1n) is 7.97. The minimum Gasteiger partial charge on any atom is -0.448 e. The predicted molar refractivity (Wildman–Crippen MR) is 87.0 cm³/mol. The third-order valence-corrected chi connectivity index (χ3v) is 4.57. The largest absolute Gasteiger partial charge is 0.448 e. The maximum Gasteiger partial charge on any atom is 0.332 e. The predicted octanol–water partition coefficient (Wildman–Crippen LogP) is 1.28. The van der Waals surface area contributed by atoms with Gasteiger partial charge >= 0.3 is 6.03 Å². The van der Waals surface area contributed by atoms with Crippen molar-refractivity contribution < 1.29 is 18.8 Å². The summed E-state index contributed by atoms with van der Waals surface area (Å²) in [5.41, 5.74) is 0.780. The van der Waals surface area contributed by atoms with Crippen molar-refractivity contribution >= 4 is 23.5 Å². The highest BCUT2D eigenvalue weighted by Crippen LogP contribution is 2.27. The van der Waals surface area contributed by atoms with Gasteiger partial charge in [0.1, 0.15) is 11.8 Å². The van der Waals surface area contributed by atoms with E-state index in [1.807, 2.05) is 6.07 Å². The van der Waals surface area contributed by atoms with Crippen molar-refractivity contribution in [2.24, 2.45) is 0 Å². The number of hydrogen-bond donors (Lipinski definition) is 0. The van der Waals surface area contributed by atoms with Crippen LogP contribution >= 0.6 is 0 Å². The molecule has 0 saturated carbocycles. The number of amides is 4. The monoisotopic (exact) mass is 340 g/mol. The Morgan fingerprint density at radius 3 is 2.64 bits per heavy atom. The number of fused-ring (bicyclic) bond motifs is 1. The van der Waals surface area contributed by atoms with Crippen LogP contribution in [0.1, 0.15) is 16.2 Å². The van der Waals surface area contributed by atoms with Crippen molar-refractivity contribution in [2.75, 3.05) is 24.5 Å². The fourth-order valence-corrected chi connectivity index (χ4v) is 3.25. The number of carbonyl (C=O) groups is 3. The summed E-state index contributed by atoms with van der Waals surface area (Å²) >= 11 is 0. The highest BCUT2D eigenvalue weighted by Gasteiger charge is 2.49. The quantitative estimate of drug-likeness (QED) is 0.769. The van der Waals surface area contributed by atoms with Crippen LogP contribution in [0.5, 0.6) is 0 Å². The number of imide groups is 1. The third-order valence-electron chi connectivity index (χ3n) is 4.57. The molecule has 128 valence electrons. The van der Waals surface area contributed by atoms with E-state index in [1.165, 1.54) is 16.2 Å². The summed E-state index contributed by atoms with van der Waals surface area (Å²) in [6.07, 6.45) is 1.22. The molecule has 1 unspecified atom stereocenters. The van der Waals surface area contributed by atoms with Crippen LogP contribution in [-0.4, -0.2) is 58.3 Å². The van der Waals surface area contributed by atoms with Crippen molar-refractivity contribution in [2.45, 2.75) is 13.0 Å². The number of oxazole rings is 1. The standard InChI is InChI=1S/C17H16N4O4/c1-11-14(18-10-25-11)16(23)19-7-8-20-13(9-19)15(22)21(17(20)24)12-5-3-2-4-6-12/h2-6,10,13H,7-9H2,1H3. The van der Waals surface area contributed by atoms with E-state index in [0.29, 0.717) is 24.5 Å². The second-order valence-electron chi connectivity index (χ2n) is 6.01. The normalized spacial score (nSPS) is 20.2. The average Bonchev–Trinajstić information content (AvgIpc) is 3.17. The summed E-state index contributed by atoms with van der Waals surface area (Å²) in [5, 5.41) is 0. The van der Waals surface area contributed by atoms with Crippen molar-refractivity contribution in [3.8, 4) is 0 Å². The van der Waals surface area contributed by atoms with Crippen LogP contribution in [0.15, 0.2) is 41.1 Å². The van der Waals surface area contributed by atoms with Crippen molar-refractivity contribution in [1.29, 1.82) is 0 Å². The number of rotatable bonds is 2. The number of para-hydroxylation sites is 1. The van der Waals surface area contributed by atoms with Gasteiger partial charge in [0, 0.05) is 13.1 Å². The molecule has 1 aromatic carbocycles. The summed E-state index contributed by atoms with van der Waals surface area (Å²) in [4.78, 5) is 46.1. The zero-order valence-corrected chi connectivity index (χ0v) is 13.6. The molecule has 0 aliphatic carbocycles. The number of aryl methyl sites for hydroxylation is 1. The first-order valence-corrected chi connectivity index (χ1v) is 7.97. The van der Waals surface area contributed by atoms with Gasteiger partial charge in [0.25, 0.3) is 11.8 Å². The number of urea groups is 1. The lowest BCUT2D eigenvalue weighted by atomic mass is 10.1. The minimum absolute atomic E-state index is 0.152. The molecular formula is C17H16N4O4. The lowest BCUT2D eigenvalue weighted by Gasteiger charge is -2.34. The number of piperazine rings is 1. The number of nitrogens with zero attached hydrogens (tertiary/aromatic N) is 4. The van der Waals surface area contributed by atoms with E-state index in [2.05, 4.69) is 4.98 Å². The lowest BCUT2D eigenvalue weighted by molar-refractivity contribution is -0.120. The van der Waals surface area contributed by atoms with E-state index in [4.69, 9.17) is 4.42 Å². The number of hydrogen-bond acceptors (Lipinski definition) is 5. The Bertz CT molecular complexity index is 847. The second kappa shape index (κ2) is 5.73. The second-order valence-corrected chi connectivity index (χ2v) is 6.01. The zero-order chi connectivity index (χ0) is 17.6. The number of anilines is 1. The van der Waals surface area contributed by atoms with E-state index >= 15 is 0 Å². The average molecular weight is 340 g/mol. The zero-order valence-electron chi connectivity index (χ0n) is 13.6. The van der Waals surface area contributed by atoms with Gasteiger partial charge in [0.05, 0.1) is 12.2 Å². The van der Waals surface area contributed by atoms with Crippen molar-refractivity contribution in [3.05, 3.63) is 48.2 Å². The van der Waals surface area contributed by atoms with Gasteiger partial charge in [-0.3, -0.25) is 9.59 Å². The van der Waals surface area contributed by atoms with Gasteiger partial charge in [-0.15, -0.1) is 0 Å². The van der Waals surface area contributed by atoms with Crippen molar-refractivity contribution in [1.82, 2.24) is 14.8 Å². The van der Waals surface area contributed by atoms with E-state index in [0.717, 1.165) is 0 Å². The molecule has 4 amide bonds. The molecule has 2 fully saturated rings. The van der Waals surface area contributed by atoms with Crippen LogP contribution in [0.25, 0.3) is 0 Å². The van der Waals surface area contributed by atoms with Crippen LogP contribution in [-0.2, 0) is 4.79 Å². The van der Waals surface area contributed by atoms with Gasteiger partial charge in [-0.05, 0) is 19.1 Å². The molecule has 8 nitrogen and oxygen atoms in total. The molecule has 0 N–H and O–H groups in total. The molecule has 1 atom stereocenters. The first kappa shape index (κ1) is 15.4.